The Morgan fingerprint density at radius 3 is 1.40 bits per heavy atom. The molecule has 478 valence electrons. The van der Waals surface area contributed by atoms with Crippen LogP contribution in [0.15, 0.2) is 208 Å². The monoisotopic (exact) mass is 1430 g/mol. The zero-order valence-corrected chi connectivity index (χ0v) is 54.9. The van der Waals surface area contributed by atoms with Gasteiger partial charge in [-0.1, -0.05) is 72.3 Å². The van der Waals surface area contributed by atoms with Crippen LogP contribution in [0.3, 0.4) is 0 Å². The SMILES string of the molecule is O=S(=O)(CCOCCc1nc(-c2cc3c(N(c4ccc(OCc5cccc(F)c5)c(Cl)c4)N(c4ccc(OCc5cccc(F)c5)c(Br)c4)c4ncnc5cc(F)c(-c6csc(CCOCCS(=O)(=O)c7ccccc7)n6)cc45)ncnc3cc2F)cs1)c1ccccc1. The first kappa shape index (κ1) is 65.3. The van der Waals surface area contributed by atoms with Crippen molar-refractivity contribution in [2.24, 2.45) is 0 Å². The maximum absolute atomic E-state index is 16.8. The van der Waals surface area contributed by atoms with Crippen molar-refractivity contribution in [3.8, 4) is 34.0 Å². The average molecular weight is 1430 g/mol. The molecule has 12 rings (SSSR count). The molecule has 16 nitrogen and oxygen atoms in total. The summed E-state index contributed by atoms with van der Waals surface area (Å²) >= 11 is 13.5. The van der Waals surface area contributed by atoms with Gasteiger partial charge in [0.1, 0.15) is 60.6 Å². The predicted molar refractivity (Wildman–Crippen MR) is 359 cm³/mol. The highest BCUT2D eigenvalue weighted by Gasteiger charge is 2.31. The van der Waals surface area contributed by atoms with Crippen molar-refractivity contribution in [1.29, 1.82) is 0 Å². The number of hydrogen-bond acceptors (Lipinski definition) is 18. The van der Waals surface area contributed by atoms with Crippen LogP contribution in [0, 0.1) is 23.3 Å². The number of thiazole rings is 2. The van der Waals surface area contributed by atoms with E-state index < -0.39 is 42.9 Å². The van der Waals surface area contributed by atoms with Crippen LogP contribution in [0.1, 0.15) is 21.1 Å². The van der Waals surface area contributed by atoms with E-state index in [9.17, 15) is 25.6 Å². The number of benzene rings is 8. The first-order valence-electron chi connectivity index (χ1n) is 29.0. The molecule has 0 aliphatic carbocycles. The second-order valence-electron chi connectivity index (χ2n) is 21.0. The van der Waals surface area contributed by atoms with Crippen molar-refractivity contribution in [1.82, 2.24) is 29.9 Å². The van der Waals surface area contributed by atoms with E-state index in [4.69, 9.17) is 50.5 Å². The Balaban J connectivity index is 0.938. The summed E-state index contributed by atoms with van der Waals surface area (Å²) in [5.74, 6) is -1.69. The maximum Gasteiger partial charge on any atom is 0.180 e. The Labute approximate surface area is 559 Å². The Morgan fingerprint density at radius 1 is 0.489 bits per heavy atom. The molecule has 94 heavy (non-hydrogen) atoms. The number of hydrogen-bond donors (Lipinski definition) is 0. The lowest BCUT2D eigenvalue weighted by molar-refractivity contribution is 0.152. The van der Waals surface area contributed by atoms with E-state index in [1.54, 1.807) is 130 Å². The zero-order chi connectivity index (χ0) is 65.3. The van der Waals surface area contributed by atoms with E-state index in [0.29, 0.717) is 66.4 Å². The molecule has 0 radical (unpaired) electrons. The van der Waals surface area contributed by atoms with E-state index in [0.717, 1.165) is 0 Å². The Kier molecular flexibility index (Phi) is 20.3. The lowest BCUT2D eigenvalue weighted by Gasteiger charge is -2.37. The van der Waals surface area contributed by atoms with E-state index >= 15 is 8.78 Å². The Hall–Kier alpha value is -8.79. The van der Waals surface area contributed by atoms with Crippen LogP contribution in [0.25, 0.3) is 44.3 Å². The quantitative estimate of drug-likeness (QED) is 0.0268. The fourth-order valence-corrected chi connectivity index (χ4v) is 14.6. The summed E-state index contributed by atoms with van der Waals surface area (Å²) in [7, 11) is -7.13. The highest BCUT2D eigenvalue weighted by Crippen LogP contribution is 2.45. The van der Waals surface area contributed by atoms with Crippen molar-refractivity contribution in [2.45, 2.75) is 35.8 Å². The van der Waals surface area contributed by atoms with E-state index in [2.05, 4.69) is 25.9 Å². The lowest BCUT2D eigenvalue weighted by atomic mass is 10.1. The van der Waals surface area contributed by atoms with Gasteiger partial charge in [-0.2, -0.15) is 0 Å². The van der Waals surface area contributed by atoms with Gasteiger partial charge in [-0.3, -0.25) is 0 Å². The minimum Gasteiger partial charge on any atom is -0.488 e. The Bertz CT molecular complexity index is 4640. The van der Waals surface area contributed by atoms with Gasteiger partial charge in [0.25, 0.3) is 0 Å². The molecule has 26 heteroatoms. The highest BCUT2D eigenvalue weighted by atomic mass is 79.9. The van der Waals surface area contributed by atoms with Gasteiger partial charge in [-0.05, 0) is 124 Å². The lowest BCUT2D eigenvalue weighted by Crippen LogP contribution is -2.37. The van der Waals surface area contributed by atoms with Crippen molar-refractivity contribution in [2.75, 3.05) is 48.0 Å². The fourth-order valence-electron chi connectivity index (χ4n) is 10.0. The summed E-state index contributed by atoms with van der Waals surface area (Å²) in [6.07, 6.45) is 3.16. The van der Waals surface area contributed by atoms with Crippen molar-refractivity contribution >= 4 is 115 Å². The molecule has 0 unspecified atom stereocenters. The smallest absolute Gasteiger partial charge is 0.180 e. The van der Waals surface area contributed by atoms with Crippen LogP contribution in [0.5, 0.6) is 11.5 Å². The molecule has 4 aromatic heterocycles. The molecule has 0 fully saturated rings. The van der Waals surface area contributed by atoms with Crippen LogP contribution >= 0.6 is 50.2 Å². The van der Waals surface area contributed by atoms with Crippen LogP contribution in [0.2, 0.25) is 5.02 Å². The third-order valence-electron chi connectivity index (χ3n) is 14.7. The van der Waals surface area contributed by atoms with Crippen molar-refractivity contribution in [3.63, 3.8) is 0 Å². The highest BCUT2D eigenvalue weighted by molar-refractivity contribution is 9.10. The molecule has 0 bridgehead atoms. The number of ether oxygens (including phenoxy) is 4. The minimum absolute atomic E-state index is 0.00863. The summed E-state index contributed by atoms with van der Waals surface area (Å²) in [6.45, 7) is 0.172. The van der Waals surface area contributed by atoms with Gasteiger partial charge in [0.2, 0.25) is 0 Å². The van der Waals surface area contributed by atoms with Crippen molar-refractivity contribution in [3.05, 3.63) is 247 Å². The fraction of sp³-hybridized carbons (Fsp3) is 0.147. The predicted octanol–water partition coefficient (Wildman–Crippen LogP) is 15.9. The minimum atomic E-state index is -3.57. The van der Waals surface area contributed by atoms with Gasteiger partial charge in [-0.25, -0.2) is 74.3 Å². The maximum atomic E-state index is 16.8. The van der Waals surface area contributed by atoms with Crippen LogP contribution in [-0.2, 0) is 55.2 Å². The number of rotatable bonds is 27. The summed E-state index contributed by atoms with van der Waals surface area (Å²) in [5, 5.41) is 8.69. The molecular weight excluding hydrogens is 1380 g/mol. The molecule has 0 saturated heterocycles. The van der Waals surface area contributed by atoms with Gasteiger partial charge in [0, 0.05) is 57.6 Å². The molecule has 12 aromatic rings. The molecule has 0 spiro atoms. The summed E-state index contributed by atoms with van der Waals surface area (Å²) in [5.41, 5.74) is 2.93. The number of anilines is 4. The van der Waals surface area contributed by atoms with Gasteiger partial charge in [-0.15, -0.1) is 22.7 Å². The molecule has 0 saturated carbocycles. The molecule has 0 atom stereocenters. The number of nitrogens with zero attached hydrogens (tertiary/aromatic N) is 8. The average Bonchev–Trinajstić information content (AvgIpc) is 0.795. The van der Waals surface area contributed by atoms with Gasteiger partial charge >= 0.3 is 0 Å². The summed E-state index contributed by atoms with van der Waals surface area (Å²) in [4.78, 5) is 29.0. The molecule has 0 aliphatic heterocycles. The van der Waals surface area contributed by atoms with Gasteiger partial charge in [0.15, 0.2) is 31.3 Å². The van der Waals surface area contributed by atoms with E-state index in [-0.39, 0.29) is 117 Å². The number of sulfone groups is 2. The molecule has 0 amide bonds. The third kappa shape index (κ3) is 15.4. The second kappa shape index (κ2) is 29.2. The summed E-state index contributed by atoms with van der Waals surface area (Å²) < 4.78 is 138. The number of fused-ring (bicyclic) bond motifs is 2. The Morgan fingerprint density at radius 2 is 0.947 bits per heavy atom. The van der Waals surface area contributed by atoms with Crippen LogP contribution < -0.4 is 19.5 Å². The standard InChI is InChI=1S/C68H52BrClF4N8O8S4/c69-55-31-47(17-19-63(55)89-37-43-9-7-11-45(71)29-43)81(67-53-33-51(57(73)35-59(53)75-41-77-67)61-39-91-65(79-61)21-23-87-25-27-93(83,84)49-13-3-1-4-14-49)82(48-18-20-64(56(70)32-48)90-38-44-10-8-12-46(72)30-44)68-54-34-52(58(74)36-60(54)76-42-78-68)62-40-92-66(80-62)22-24-88-26-28-94(85,86)50-15-5-2-6-16-50/h1-20,29-36,39-42H,21-28,37-38H2. The first-order chi connectivity index (χ1) is 45.5. The van der Waals surface area contributed by atoms with E-state index in [1.807, 2.05) is 0 Å². The number of halogens is 6. The summed E-state index contributed by atoms with van der Waals surface area (Å²) in [6, 6.07) is 44.0. The largest absolute Gasteiger partial charge is 0.488 e. The van der Waals surface area contributed by atoms with E-state index in [1.165, 1.54) is 96.0 Å². The van der Waals surface area contributed by atoms with Gasteiger partial charge in [0.05, 0.1) is 101 Å². The number of hydrazine groups is 1. The third-order valence-corrected chi connectivity index (χ3v) is 20.8. The molecule has 0 N–H and O–H groups in total. The number of aromatic nitrogens is 6. The van der Waals surface area contributed by atoms with Crippen LogP contribution in [0.4, 0.5) is 40.6 Å². The zero-order valence-electron chi connectivity index (χ0n) is 49.3. The molecular formula is C68H52BrClF4N8O8S4. The van der Waals surface area contributed by atoms with Crippen molar-refractivity contribution < 1.29 is 53.3 Å². The van der Waals surface area contributed by atoms with Crippen LogP contribution in [-0.4, -0.2) is 84.7 Å². The molecule has 4 heterocycles. The second-order valence-corrected chi connectivity index (χ2v) is 28.4. The molecule has 0 aliphatic rings. The first-order valence-corrected chi connectivity index (χ1v) is 35.2. The topological polar surface area (TPSA) is 189 Å². The molecule has 8 aromatic carbocycles. The normalized spacial score (nSPS) is 11.8. The van der Waals surface area contributed by atoms with Gasteiger partial charge < -0.3 is 18.9 Å².